The molecule has 0 aliphatic rings. The second-order valence-electron chi connectivity index (χ2n) is 2.92. The standard InChI is InChI=1S/C9H23NO3S/c1-5-11-14(12-6-2,13-7-3)8-9(4)10/h9H,5-8,10H2,1-4H3. The first kappa shape index (κ1) is 14.2. The average Bonchev–Trinajstić information content (AvgIpc) is 2.03. The van der Waals surface area contributed by atoms with E-state index in [-0.39, 0.29) is 6.04 Å². The summed E-state index contributed by atoms with van der Waals surface area (Å²) in [6.07, 6.45) is 0. The molecule has 1 unspecified atom stereocenters. The van der Waals surface area contributed by atoms with Crippen LogP contribution in [0.3, 0.4) is 0 Å². The van der Waals surface area contributed by atoms with Crippen LogP contribution in [0.5, 0.6) is 0 Å². The van der Waals surface area contributed by atoms with Gasteiger partial charge < -0.3 is 5.73 Å². The van der Waals surface area contributed by atoms with Crippen molar-refractivity contribution in [3.05, 3.63) is 0 Å². The largest absolute Gasteiger partial charge is 0.327 e. The van der Waals surface area contributed by atoms with Gasteiger partial charge in [-0.15, -0.1) is 0 Å². The van der Waals surface area contributed by atoms with Crippen LogP contribution in [-0.4, -0.2) is 31.6 Å². The number of hydrogen-bond acceptors (Lipinski definition) is 4. The normalized spacial score (nSPS) is 15.5. The first-order chi connectivity index (χ1) is 6.60. The second kappa shape index (κ2) is 7.48. The molecule has 0 heterocycles. The molecule has 0 fully saturated rings. The molecule has 1 atom stereocenters. The third-order valence-electron chi connectivity index (χ3n) is 1.36. The Kier molecular flexibility index (Phi) is 7.58. The van der Waals surface area contributed by atoms with Gasteiger partial charge in [-0.05, 0) is 27.7 Å². The topological polar surface area (TPSA) is 53.7 Å². The minimum Gasteiger partial charge on any atom is -0.327 e. The molecule has 4 nitrogen and oxygen atoms in total. The van der Waals surface area contributed by atoms with Crippen molar-refractivity contribution in [1.82, 2.24) is 0 Å². The molecule has 0 aromatic carbocycles. The molecule has 0 radical (unpaired) electrons. The molecule has 0 amide bonds. The Labute approximate surface area is 89.0 Å². The zero-order chi connectivity index (χ0) is 11.0. The van der Waals surface area contributed by atoms with Gasteiger partial charge in [0.25, 0.3) is 0 Å². The van der Waals surface area contributed by atoms with Crippen molar-refractivity contribution in [1.29, 1.82) is 0 Å². The number of hydrogen-bond donors (Lipinski definition) is 1. The molecular weight excluding hydrogens is 202 g/mol. The summed E-state index contributed by atoms with van der Waals surface area (Å²) in [6.45, 7) is 9.48. The molecule has 5 heteroatoms. The Morgan fingerprint density at radius 3 is 1.57 bits per heavy atom. The fourth-order valence-electron chi connectivity index (χ4n) is 1.11. The Bertz CT molecular complexity index is 127. The van der Waals surface area contributed by atoms with Crippen molar-refractivity contribution < 1.29 is 12.5 Å². The lowest BCUT2D eigenvalue weighted by atomic mass is 10.4. The maximum atomic E-state index is 5.75. The molecule has 14 heavy (non-hydrogen) atoms. The molecule has 88 valence electrons. The van der Waals surface area contributed by atoms with Gasteiger partial charge in [0.05, 0.1) is 36.4 Å². The van der Waals surface area contributed by atoms with Crippen LogP contribution < -0.4 is 5.73 Å². The molecule has 0 aliphatic heterocycles. The van der Waals surface area contributed by atoms with Gasteiger partial charge in [-0.25, -0.2) is 0 Å². The van der Waals surface area contributed by atoms with E-state index in [1.807, 2.05) is 27.7 Å². The van der Waals surface area contributed by atoms with Gasteiger partial charge in [-0.2, -0.15) is 0 Å². The quantitative estimate of drug-likeness (QED) is 0.686. The molecular formula is C9H23NO3S. The van der Waals surface area contributed by atoms with Crippen LogP contribution in [0.1, 0.15) is 27.7 Å². The fraction of sp³-hybridized carbons (Fsp3) is 1.00. The Morgan fingerprint density at radius 1 is 1.00 bits per heavy atom. The SMILES string of the molecule is CCOS(CC(C)N)(OCC)OCC. The third-order valence-corrected chi connectivity index (χ3v) is 4.08. The highest BCUT2D eigenvalue weighted by Crippen LogP contribution is 2.51. The molecule has 0 rings (SSSR count). The van der Waals surface area contributed by atoms with Crippen LogP contribution in [0, 0.1) is 0 Å². The first-order valence-corrected chi connectivity index (χ1v) is 6.67. The van der Waals surface area contributed by atoms with Gasteiger partial charge in [-0.1, -0.05) is 0 Å². The highest BCUT2D eigenvalue weighted by atomic mass is 32.3. The van der Waals surface area contributed by atoms with Gasteiger partial charge >= 0.3 is 0 Å². The van der Waals surface area contributed by atoms with Crippen LogP contribution in [0.25, 0.3) is 0 Å². The van der Waals surface area contributed by atoms with E-state index in [0.29, 0.717) is 25.6 Å². The second-order valence-corrected chi connectivity index (χ2v) is 5.08. The Morgan fingerprint density at radius 2 is 1.36 bits per heavy atom. The zero-order valence-electron chi connectivity index (χ0n) is 9.62. The van der Waals surface area contributed by atoms with Gasteiger partial charge in [0.2, 0.25) is 0 Å². The molecule has 2 N–H and O–H groups in total. The monoisotopic (exact) mass is 225 g/mol. The summed E-state index contributed by atoms with van der Waals surface area (Å²) in [4.78, 5) is 0. The molecule has 0 aromatic rings. The molecule has 0 saturated carbocycles. The predicted molar refractivity (Wildman–Crippen MR) is 61.0 cm³/mol. The van der Waals surface area contributed by atoms with Crippen LogP contribution in [0.15, 0.2) is 0 Å². The summed E-state index contributed by atoms with van der Waals surface area (Å²) in [5, 5.41) is 0. The summed E-state index contributed by atoms with van der Waals surface area (Å²) >= 11 is 0. The first-order valence-electron chi connectivity index (χ1n) is 5.09. The Hall–Kier alpha value is 0.190. The number of nitrogens with two attached hydrogens (primary N) is 1. The number of rotatable bonds is 8. The average molecular weight is 225 g/mol. The fourth-order valence-corrected chi connectivity index (χ4v) is 3.32. The predicted octanol–water partition coefficient (Wildman–Crippen LogP) is 1.99. The highest BCUT2D eigenvalue weighted by Gasteiger charge is 2.27. The zero-order valence-corrected chi connectivity index (χ0v) is 10.4. The van der Waals surface area contributed by atoms with Crippen LogP contribution in [0.4, 0.5) is 0 Å². The van der Waals surface area contributed by atoms with Crippen molar-refractivity contribution in [2.24, 2.45) is 5.73 Å². The van der Waals surface area contributed by atoms with E-state index >= 15 is 0 Å². The van der Waals surface area contributed by atoms with E-state index in [1.54, 1.807) is 0 Å². The molecule has 0 saturated heterocycles. The maximum Gasteiger partial charge on any atom is 0.0902 e. The summed E-state index contributed by atoms with van der Waals surface area (Å²) < 4.78 is 16.7. The summed E-state index contributed by atoms with van der Waals surface area (Å²) in [5.41, 5.74) is 5.75. The smallest absolute Gasteiger partial charge is 0.0902 e. The van der Waals surface area contributed by atoms with E-state index in [0.717, 1.165) is 0 Å². The maximum absolute atomic E-state index is 5.75. The van der Waals surface area contributed by atoms with Gasteiger partial charge in [-0.3, -0.25) is 12.5 Å². The lowest BCUT2D eigenvalue weighted by molar-refractivity contribution is 0.184. The molecule has 0 aliphatic carbocycles. The van der Waals surface area contributed by atoms with Crippen LogP contribution >= 0.6 is 10.9 Å². The van der Waals surface area contributed by atoms with E-state index < -0.39 is 10.9 Å². The van der Waals surface area contributed by atoms with Crippen molar-refractivity contribution in [3.8, 4) is 0 Å². The minimum absolute atomic E-state index is 0.0228. The van der Waals surface area contributed by atoms with Gasteiger partial charge in [0.1, 0.15) is 0 Å². The van der Waals surface area contributed by atoms with Gasteiger partial charge in [0.15, 0.2) is 0 Å². The molecule has 0 bridgehead atoms. The van der Waals surface area contributed by atoms with Gasteiger partial charge in [0, 0.05) is 6.04 Å². The van der Waals surface area contributed by atoms with Crippen molar-refractivity contribution in [3.63, 3.8) is 0 Å². The summed E-state index contributed by atoms with van der Waals surface area (Å²) in [6, 6.07) is 0.0228. The van der Waals surface area contributed by atoms with E-state index in [4.69, 9.17) is 18.3 Å². The minimum atomic E-state index is -1.87. The Balaban J connectivity index is 4.37. The lowest BCUT2D eigenvalue weighted by Crippen LogP contribution is -2.28. The molecule has 0 spiro atoms. The molecule has 0 aromatic heterocycles. The van der Waals surface area contributed by atoms with Crippen molar-refractivity contribution in [2.45, 2.75) is 33.7 Å². The highest BCUT2D eigenvalue weighted by molar-refractivity contribution is 8.21. The summed E-state index contributed by atoms with van der Waals surface area (Å²) in [5.74, 6) is 0.628. The third kappa shape index (κ3) is 5.17. The van der Waals surface area contributed by atoms with Crippen molar-refractivity contribution in [2.75, 3.05) is 25.6 Å². The lowest BCUT2D eigenvalue weighted by Gasteiger charge is -2.37. The van der Waals surface area contributed by atoms with Crippen LogP contribution in [0.2, 0.25) is 0 Å². The van der Waals surface area contributed by atoms with Crippen LogP contribution in [-0.2, 0) is 12.5 Å². The van der Waals surface area contributed by atoms with Crippen molar-refractivity contribution >= 4 is 10.9 Å². The summed E-state index contributed by atoms with van der Waals surface area (Å²) in [7, 11) is -1.87. The van der Waals surface area contributed by atoms with E-state index in [9.17, 15) is 0 Å². The van der Waals surface area contributed by atoms with E-state index in [1.165, 1.54) is 0 Å². The van der Waals surface area contributed by atoms with E-state index in [2.05, 4.69) is 0 Å².